The second-order valence-electron chi connectivity index (χ2n) is 4.31. The van der Waals surface area contributed by atoms with E-state index in [1.807, 2.05) is 6.92 Å². The van der Waals surface area contributed by atoms with Gasteiger partial charge in [0.25, 0.3) is 0 Å². The molecule has 1 aromatic carbocycles. The van der Waals surface area contributed by atoms with E-state index >= 15 is 0 Å². The fraction of sp³-hybridized carbons (Fsp3) is 0.429. The molecule has 0 aliphatic heterocycles. The van der Waals surface area contributed by atoms with Crippen molar-refractivity contribution in [3.63, 3.8) is 0 Å². The van der Waals surface area contributed by atoms with Gasteiger partial charge in [0, 0.05) is 11.6 Å². The van der Waals surface area contributed by atoms with Crippen LogP contribution in [0.5, 0.6) is 0 Å². The molecule has 1 nitrogen and oxygen atoms in total. The fourth-order valence-corrected chi connectivity index (χ4v) is 1.93. The van der Waals surface area contributed by atoms with Crippen LogP contribution < -0.4 is 5.32 Å². The topological polar surface area (TPSA) is 12.0 Å². The lowest BCUT2D eigenvalue weighted by Crippen LogP contribution is -2.23. The van der Waals surface area contributed by atoms with Crippen LogP contribution in [0.4, 0.5) is 4.39 Å². The first-order valence-electron chi connectivity index (χ1n) is 5.88. The summed E-state index contributed by atoms with van der Waals surface area (Å²) in [6.07, 6.45) is 1.73. The van der Waals surface area contributed by atoms with Gasteiger partial charge < -0.3 is 5.32 Å². The molecule has 0 aromatic heterocycles. The standard InChI is InChI=1S/C14H19ClFN/c1-4-8-17-13(9-10(2)3)11-6-5-7-12(15)14(11)16/h5-7,13,17H,2,4,8-9H2,1,3H3. The molecule has 0 saturated heterocycles. The predicted molar refractivity (Wildman–Crippen MR) is 71.9 cm³/mol. The molecule has 3 heteroatoms. The van der Waals surface area contributed by atoms with Gasteiger partial charge in [-0.2, -0.15) is 0 Å². The maximum absolute atomic E-state index is 13.9. The number of benzene rings is 1. The van der Waals surface area contributed by atoms with Gasteiger partial charge in [-0.25, -0.2) is 4.39 Å². The molecule has 1 unspecified atom stereocenters. The Morgan fingerprint density at radius 1 is 1.53 bits per heavy atom. The summed E-state index contributed by atoms with van der Waals surface area (Å²) in [4.78, 5) is 0. The molecule has 0 saturated carbocycles. The summed E-state index contributed by atoms with van der Waals surface area (Å²) < 4.78 is 13.9. The average Bonchev–Trinajstić information content (AvgIpc) is 2.28. The van der Waals surface area contributed by atoms with E-state index in [4.69, 9.17) is 11.6 Å². The minimum absolute atomic E-state index is 0.0499. The third kappa shape index (κ3) is 4.14. The van der Waals surface area contributed by atoms with Crippen LogP contribution in [0.3, 0.4) is 0 Å². The summed E-state index contributed by atoms with van der Waals surface area (Å²) in [5.41, 5.74) is 1.65. The maximum Gasteiger partial charge on any atom is 0.146 e. The third-order valence-corrected chi connectivity index (χ3v) is 2.84. The van der Waals surface area contributed by atoms with Crippen molar-refractivity contribution in [2.45, 2.75) is 32.7 Å². The van der Waals surface area contributed by atoms with E-state index in [-0.39, 0.29) is 16.9 Å². The number of hydrogen-bond donors (Lipinski definition) is 1. The second-order valence-corrected chi connectivity index (χ2v) is 4.72. The number of hydrogen-bond acceptors (Lipinski definition) is 1. The summed E-state index contributed by atoms with van der Waals surface area (Å²) in [6, 6.07) is 5.07. The van der Waals surface area contributed by atoms with Crippen molar-refractivity contribution in [3.05, 3.63) is 46.8 Å². The molecule has 0 aliphatic rings. The van der Waals surface area contributed by atoms with E-state index < -0.39 is 0 Å². The molecule has 0 radical (unpaired) electrons. The number of halogens is 2. The molecule has 17 heavy (non-hydrogen) atoms. The number of nitrogens with one attached hydrogen (secondary N) is 1. The summed E-state index contributed by atoms with van der Waals surface area (Å²) in [7, 11) is 0. The third-order valence-electron chi connectivity index (χ3n) is 2.55. The molecular formula is C14H19ClFN. The SMILES string of the molecule is C=C(C)CC(NCCC)c1cccc(Cl)c1F. The fourth-order valence-electron chi connectivity index (χ4n) is 1.75. The largest absolute Gasteiger partial charge is 0.310 e. The Hall–Kier alpha value is -0.860. The van der Waals surface area contributed by atoms with E-state index in [2.05, 4.69) is 18.8 Å². The smallest absolute Gasteiger partial charge is 0.146 e. The average molecular weight is 256 g/mol. The first-order valence-corrected chi connectivity index (χ1v) is 6.25. The Bertz CT molecular complexity index is 390. The van der Waals surface area contributed by atoms with Crippen molar-refractivity contribution in [2.24, 2.45) is 0 Å². The van der Waals surface area contributed by atoms with Crippen LogP contribution >= 0.6 is 11.6 Å². The Morgan fingerprint density at radius 2 is 2.24 bits per heavy atom. The molecule has 0 heterocycles. The monoisotopic (exact) mass is 255 g/mol. The van der Waals surface area contributed by atoms with Crippen molar-refractivity contribution in [1.29, 1.82) is 0 Å². The zero-order valence-corrected chi connectivity index (χ0v) is 11.1. The van der Waals surface area contributed by atoms with Gasteiger partial charge in [0.2, 0.25) is 0 Å². The molecule has 0 aliphatic carbocycles. The Kier molecular flexibility index (Phi) is 5.66. The summed E-state index contributed by atoms with van der Waals surface area (Å²) >= 11 is 5.80. The van der Waals surface area contributed by atoms with E-state index in [0.717, 1.165) is 25.0 Å². The van der Waals surface area contributed by atoms with E-state index in [0.29, 0.717) is 5.56 Å². The highest BCUT2D eigenvalue weighted by atomic mass is 35.5. The van der Waals surface area contributed by atoms with Crippen LogP contribution in [0, 0.1) is 5.82 Å². The highest BCUT2D eigenvalue weighted by molar-refractivity contribution is 6.30. The second kappa shape index (κ2) is 6.77. The van der Waals surface area contributed by atoms with Crippen LogP contribution in [-0.2, 0) is 0 Å². The van der Waals surface area contributed by atoms with Gasteiger partial charge in [-0.15, -0.1) is 6.58 Å². The van der Waals surface area contributed by atoms with Gasteiger partial charge >= 0.3 is 0 Å². The lowest BCUT2D eigenvalue weighted by Gasteiger charge is -2.20. The van der Waals surface area contributed by atoms with Crippen molar-refractivity contribution in [3.8, 4) is 0 Å². The molecule has 1 N–H and O–H groups in total. The number of rotatable bonds is 6. The first kappa shape index (κ1) is 14.2. The minimum Gasteiger partial charge on any atom is -0.310 e. The predicted octanol–water partition coefficient (Wildman–Crippen LogP) is 4.49. The molecule has 0 fully saturated rings. The van der Waals surface area contributed by atoms with Crippen molar-refractivity contribution in [1.82, 2.24) is 5.32 Å². The van der Waals surface area contributed by atoms with Crippen LogP contribution in [0.2, 0.25) is 5.02 Å². The van der Waals surface area contributed by atoms with Gasteiger partial charge in [0.15, 0.2) is 0 Å². The highest BCUT2D eigenvalue weighted by Gasteiger charge is 2.16. The molecule has 0 spiro atoms. The van der Waals surface area contributed by atoms with E-state index in [1.165, 1.54) is 0 Å². The Balaban J connectivity index is 2.94. The summed E-state index contributed by atoms with van der Waals surface area (Å²) in [5.74, 6) is -0.330. The minimum atomic E-state index is -0.330. The molecule has 94 valence electrons. The zero-order valence-electron chi connectivity index (χ0n) is 10.4. The first-order chi connectivity index (χ1) is 8.06. The van der Waals surface area contributed by atoms with E-state index in [9.17, 15) is 4.39 Å². The highest BCUT2D eigenvalue weighted by Crippen LogP contribution is 2.27. The van der Waals surface area contributed by atoms with E-state index in [1.54, 1.807) is 18.2 Å². The Morgan fingerprint density at radius 3 is 2.82 bits per heavy atom. The Labute approximate surface area is 108 Å². The summed E-state index contributed by atoms with van der Waals surface area (Å²) in [5, 5.41) is 3.50. The normalized spacial score (nSPS) is 12.5. The molecule has 1 atom stereocenters. The molecule has 0 bridgehead atoms. The van der Waals surface area contributed by atoms with Gasteiger partial charge in [-0.05, 0) is 32.4 Å². The van der Waals surface area contributed by atoms with Crippen molar-refractivity contribution >= 4 is 11.6 Å². The van der Waals surface area contributed by atoms with Crippen LogP contribution in [0.1, 0.15) is 38.3 Å². The van der Waals surface area contributed by atoms with Crippen molar-refractivity contribution in [2.75, 3.05) is 6.54 Å². The van der Waals surface area contributed by atoms with Crippen molar-refractivity contribution < 1.29 is 4.39 Å². The molecule has 1 aromatic rings. The zero-order chi connectivity index (χ0) is 12.8. The quantitative estimate of drug-likeness (QED) is 0.739. The van der Waals surface area contributed by atoms with Gasteiger partial charge in [0.05, 0.1) is 5.02 Å². The molecular weight excluding hydrogens is 237 g/mol. The van der Waals surface area contributed by atoms with Crippen LogP contribution in [0.25, 0.3) is 0 Å². The van der Waals surface area contributed by atoms with Gasteiger partial charge in [-0.1, -0.05) is 36.2 Å². The lowest BCUT2D eigenvalue weighted by atomic mass is 9.99. The van der Waals surface area contributed by atoms with Gasteiger partial charge in [-0.3, -0.25) is 0 Å². The van der Waals surface area contributed by atoms with Crippen LogP contribution in [-0.4, -0.2) is 6.54 Å². The lowest BCUT2D eigenvalue weighted by molar-refractivity contribution is 0.496. The van der Waals surface area contributed by atoms with Crippen LogP contribution in [0.15, 0.2) is 30.4 Å². The molecule has 1 rings (SSSR count). The maximum atomic E-state index is 13.9. The van der Waals surface area contributed by atoms with Gasteiger partial charge in [0.1, 0.15) is 5.82 Å². The summed E-state index contributed by atoms with van der Waals surface area (Å²) in [6.45, 7) is 8.77. The molecule has 0 amide bonds.